The summed E-state index contributed by atoms with van der Waals surface area (Å²) in [4.78, 5) is 0. The van der Waals surface area contributed by atoms with Crippen molar-refractivity contribution in [3.63, 3.8) is 0 Å². The molecule has 1 nitrogen and oxygen atoms in total. The van der Waals surface area contributed by atoms with Crippen LogP contribution >= 0.6 is 11.6 Å². The maximum atomic E-state index is 13.4. The van der Waals surface area contributed by atoms with E-state index in [9.17, 15) is 5.11 Å². The van der Waals surface area contributed by atoms with E-state index in [1.807, 2.05) is 30.3 Å². The van der Waals surface area contributed by atoms with Crippen LogP contribution in [0.2, 0.25) is 5.02 Å². The van der Waals surface area contributed by atoms with Gasteiger partial charge in [0.1, 0.15) is 5.60 Å². The van der Waals surface area contributed by atoms with Crippen LogP contribution in [0.1, 0.15) is 69.4 Å². The van der Waals surface area contributed by atoms with Crippen LogP contribution in [0, 0.1) is 0 Å². The second-order valence-corrected chi connectivity index (χ2v) is 13.8. The first-order valence-corrected chi connectivity index (χ1v) is 14.7. The molecule has 6 rings (SSSR count). The van der Waals surface area contributed by atoms with E-state index in [0.29, 0.717) is 5.02 Å². The molecule has 1 aliphatic rings. The van der Waals surface area contributed by atoms with Crippen LogP contribution in [0.15, 0.2) is 109 Å². The molecule has 0 aromatic heterocycles. The van der Waals surface area contributed by atoms with Crippen molar-refractivity contribution in [2.24, 2.45) is 0 Å². The molecular weight excluding hydrogens is 520 g/mol. The summed E-state index contributed by atoms with van der Waals surface area (Å²) >= 11 is 6.28. The van der Waals surface area contributed by atoms with Gasteiger partial charge in [0, 0.05) is 21.7 Å². The Morgan fingerprint density at radius 2 is 1.05 bits per heavy atom. The van der Waals surface area contributed by atoms with Crippen LogP contribution in [0.4, 0.5) is 0 Å². The molecule has 2 heteroatoms. The predicted octanol–water partition coefficient (Wildman–Crippen LogP) is 10.5. The summed E-state index contributed by atoms with van der Waals surface area (Å²) in [6, 6.07) is 38.0. The topological polar surface area (TPSA) is 20.2 Å². The quantitative estimate of drug-likeness (QED) is 0.234. The molecule has 5 aromatic rings. The number of fused-ring (bicyclic) bond motifs is 3. The van der Waals surface area contributed by atoms with Crippen molar-refractivity contribution in [2.75, 3.05) is 0 Å². The standard InChI is InChI=1S/C39H37ClO/c1-37(2,3)27-18-14-25(15-19-27)30-23-20-28(38(4,5)6)24-35(30)39(41)34-13-8-7-10-32(34)33-12-9-11-31(36(33)39)26-16-21-29(40)22-17-26/h7-24,41H,1-6H3. The van der Waals surface area contributed by atoms with Crippen molar-refractivity contribution < 1.29 is 5.11 Å². The minimum absolute atomic E-state index is 0.0620. The van der Waals surface area contributed by atoms with Gasteiger partial charge in [-0.1, -0.05) is 150 Å². The van der Waals surface area contributed by atoms with Gasteiger partial charge >= 0.3 is 0 Å². The zero-order valence-electron chi connectivity index (χ0n) is 24.7. The molecule has 0 radical (unpaired) electrons. The Bertz CT molecular complexity index is 1750. The van der Waals surface area contributed by atoms with Crippen molar-refractivity contribution in [3.8, 4) is 33.4 Å². The van der Waals surface area contributed by atoms with Gasteiger partial charge < -0.3 is 5.11 Å². The number of hydrogen-bond donors (Lipinski definition) is 1. The molecule has 0 fully saturated rings. The molecule has 1 N–H and O–H groups in total. The number of hydrogen-bond acceptors (Lipinski definition) is 1. The summed E-state index contributed by atoms with van der Waals surface area (Å²) in [5.74, 6) is 0. The normalized spacial score (nSPS) is 16.4. The zero-order valence-corrected chi connectivity index (χ0v) is 25.5. The van der Waals surface area contributed by atoms with Gasteiger partial charge in [-0.15, -0.1) is 0 Å². The lowest BCUT2D eigenvalue weighted by molar-refractivity contribution is 0.131. The average molecular weight is 557 g/mol. The van der Waals surface area contributed by atoms with Crippen molar-refractivity contribution in [1.29, 1.82) is 0 Å². The second kappa shape index (κ2) is 9.72. The first-order valence-electron chi connectivity index (χ1n) is 14.4. The highest BCUT2D eigenvalue weighted by molar-refractivity contribution is 6.30. The highest BCUT2D eigenvalue weighted by atomic mass is 35.5. The number of rotatable bonds is 3. The van der Waals surface area contributed by atoms with E-state index in [-0.39, 0.29) is 10.8 Å². The third-order valence-corrected chi connectivity index (χ3v) is 8.78. The molecule has 1 aliphatic carbocycles. The van der Waals surface area contributed by atoms with Crippen LogP contribution in [0.5, 0.6) is 0 Å². The molecule has 0 bridgehead atoms. The van der Waals surface area contributed by atoms with Gasteiger partial charge in [-0.3, -0.25) is 0 Å². The summed E-state index contributed by atoms with van der Waals surface area (Å²) in [5.41, 5.74) is 10.1. The molecule has 1 atom stereocenters. The van der Waals surface area contributed by atoms with E-state index >= 15 is 0 Å². The Labute approximate surface area is 249 Å². The average Bonchev–Trinajstić information content (AvgIpc) is 3.22. The highest BCUT2D eigenvalue weighted by Gasteiger charge is 2.46. The van der Waals surface area contributed by atoms with Crippen LogP contribution in [-0.2, 0) is 16.4 Å². The Hall–Kier alpha value is -3.65. The minimum atomic E-state index is -1.36. The smallest absolute Gasteiger partial charge is 0.142 e. The van der Waals surface area contributed by atoms with E-state index in [0.717, 1.165) is 50.1 Å². The van der Waals surface area contributed by atoms with Gasteiger partial charge in [0.2, 0.25) is 0 Å². The summed E-state index contributed by atoms with van der Waals surface area (Å²) < 4.78 is 0. The monoisotopic (exact) mass is 556 g/mol. The predicted molar refractivity (Wildman–Crippen MR) is 174 cm³/mol. The molecule has 0 heterocycles. The molecule has 0 spiro atoms. The summed E-state index contributed by atoms with van der Waals surface area (Å²) in [6.45, 7) is 13.4. The third kappa shape index (κ3) is 4.62. The minimum Gasteiger partial charge on any atom is -0.376 e. The number of aliphatic hydroxyl groups is 1. The zero-order chi connectivity index (χ0) is 29.2. The van der Waals surface area contributed by atoms with Crippen molar-refractivity contribution >= 4 is 11.6 Å². The van der Waals surface area contributed by atoms with E-state index in [4.69, 9.17) is 11.6 Å². The molecular formula is C39H37ClO. The summed E-state index contributed by atoms with van der Waals surface area (Å²) in [6.07, 6.45) is 0. The Kier molecular flexibility index (Phi) is 6.53. The molecule has 206 valence electrons. The van der Waals surface area contributed by atoms with E-state index < -0.39 is 5.60 Å². The Morgan fingerprint density at radius 3 is 1.71 bits per heavy atom. The molecule has 0 saturated heterocycles. The number of halogens is 1. The molecule has 5 aromatic carbocycles. The van der Waals surface area contributed by atoms with E-state index in [2.05, 4.69) is 120 Å². The summed E-state index contributed by atoms with van der Waals surface area (Å²) in [7, 11) is 0. The van der Waals surface area contributed by atoms with Crippen molar-refractivity contribution in [3.05, 3.63) is 142 Å². The molecule has 0 amide bonds. The molecule has 41 heavy (non-hydrogen) atoms. The van der Waals surface area contributed by atoms with Crippen LogP contribution in [0.25, 0.3) is 33.4 Å². The van der Waals surface area contributed by atoms with Crippen LogP contribution < -0.4 is 0 Å². The second-order valence-electron chi connectivity index (χ2n) is 13.3. The Balaban J connectivity index is 1.68. The van der Waals surface area contributed by atoms with Gasteiger partial charge in [0.05, 0.1) is 0 Å². The molecule has 1 unspecified atom stereocenters. The first kappa shape index (κ1) is 27.5. The van der Waals surface area contributed by atoms with Gasteiger partial charge in [-0.2, -0.15) is 0 Å². The van der Waals surface area contributed by atoms with E-state index in [1.165, 1.54) is 11.1 Å². The lowest BCUT2D eigenvalue weighted by atomic mass is 9.75. The van der Waals surface area contributed by atoms with Crippen LogP contribution in [-0.4, -0.2) is 5.11 Å². The van der Waals surface area contributed by atoms with Crippen molar-refractivity contribution in [1.82, 2.24) is 0 Å². The maximum Gasteiger partial charge on any atom is 0.142 e. The van der Waals surface area contributed by atoms with E-state index in [1.54, 1.807) is 0 Å². The number of benzene rings is 5. The third-order valence-electron chi connectivity index (χ3n) is 8.53. The first-order chi connectivity index (χ1) is 19.4. The van der Waals surface area contributed by atoms with Gasteiger partial charge in [0.15, 0.2) is 0 Å². The van der Waals surface area contributed by atoms with Gasteiger partial charge in [-0.25, -0.2) is 0 Å². The van der Waals surface area contributed by atoms with Crippen molar-refractivity contribution in [2.45, 2.75) is 58.0 Å². The fourth-order valence-corrected chi connectivity index (χ4v) is 6.32. The largest absolute Gasteiger partial charge is 0.376 e. The molecule has 0 saturated carbocycles. The fourth-order valence-electron chi connectivity index (χ4n) is 6.20. The van der Waals surface area contributed by atoms with Gasteiger partial charge in [0.25, 0.3) is 0 Å². The lowest BCUT2D eigenvalue weighted by Crippen LogP contribution is -2.29. The SMILES string of the molecule is CC(C)(C)c1ccc(-c2ccc(C(C)(C)C)cc2C2(O)c3ccccc3-c3cccc(-c4ccc(Cl)cc4)c32)cc1. The molecule has 0 aliphatic heterocycles. The van der Waals surface area contributed by atoms with Gasteiger partial charge in [-0.05, 0) is 67.5 Å². The maximum absolute atomic E-state index is 13.4. The fraction of sp³-hybridized carbons (Fsp3) is 0.231. The lowest BCUT2D eigenvalue weighted by Gasteiger charge is -2.33. The van der Waals surface area contributed by atoms with Crippen LogP contribution in [0.3, 0.4) is 0 Å². The highest BCUT2D eigenvalue weighted by Crippen LogP contribution is 2.56. The summed E-state index contributed by atoms with van der Waals surface area (Å²) in [5, 5.41) is 14.0. The Morgan fingerprint density at radius 1 is 0.512 bits per heavy atom.